The Morgan fingerprint density at radius 1 is 1.11 bits per heavy atom. The Hall–Kier alpha value is -1.72. The largest absolute Gasteiger partial charge is 0.478 e. The van der Waals surface area contributed by atoms with Gasteiger partial charge in [-0.3, -0.25) is 0 Å². The van der Waals surface area contributed by atoms with E-state index >= 15 is 0 Å². The molecule has 98 valence electrons. The monoisotopic (exact) mass is 259 g/mol. The zero-order chi connectivity index (χ0) is 13.3. The van der Waals surface area contributed by atoms with Crippen LogP contribution in [-0.4, -0.2) is 24.2 Å². The maximum atomic E-state index is 13.7. The molecule has 1 aliphatic heterocycles. The SMILES string of the molecule is O=C(O)c1cc(F)c(N2CCCCC2)c(F)c1F. The highest BCUT2D eigenvalue weighted by Gasteiger charge is 2.26. The van der Waals surface area contributed by atoms with Gasteiger partial charge in [-0.15, -0.1) is 0 Å². The molecule has 1 fully saturated rings. The lowest BCUT2D eigenvalue weighted by atomic mass is 10.1. The quantitative estimate of drug-likeness (QED) is 0.830. The molecule has 0 aromatic heterocycles. The van der Waals surface area contributed by atoms with Crippen molar-refractivity contribution < 1.29 is 23.1 Å². The van der Waals surface area contributed by atoms with Crippen molar-refractivity contribution in [2.75, 3.05) is 18.0 Å². The van der Waals surface area contributed by atoms with Crippen LogP contribution in [0.15, 0.2) is 6.07 Å². The van der Waals surface area contributed by atoms with Gasteiger partial charge in [-0.25, -0.2) is 18.0 Å². The molecule has 0 bridgehead atoms. The predicted molar refractivity (Wildman–Crippen MR) is 59.3 cm³/mol. The molecule has 2 rings (SSSR count). The maximum Gasteiger partial charge on any atom is 0.338 e. The fourth-order valence-corrected chi connectivity index (χ4v) is 2.15. The Bertz CT molecular complexity index is 485. The highest BCUT2D eigenvalue weighted by molar-refractivity contribution is 5.88. The van der Waals surface area contributed by atoms with Crippen LogP contribution in [0.4, 0.5) is 18.9 Å². The van der Waals surface area contributed by atoms with Gasteiger partial charge >= 0.3 is 5.97 Å². The number of halogens is 3. The van der Waals surface area contributed by atoms with Gasteiger partial charge in [0.25, 0.3) is 0 Å². The average Bonchev–Trinajstić information content (AvgIpc) is 2.35. The molecule has 1 N–H and O–H groups in total. The van der Waals surface area contributed by atoms with Crippen LogP contribution >= 0.6 is 0 Å². The molecule has 0 atom stereocenters. The van der Waals surface area contributed by atoms with Crippen molar-refractivity contribution in [3.05, 3.63) is 29.1 Å². The Morgan fingerprint density at radius 3 is 2.28 bits per heavy atom. The van der Waals surface area contributed by atoms with Crippen LogP contribution in [0.5, 0.6) is 0 Å². The van der Waals surface area contributed by atoms with E-state index in [1.807, 2.05) is 0 Å². The lowest BCUT2D eigenvalue weighted by molar-refractivity contribution is 0.0690. The van der Waals surface area contributed by atoms with E-state index in [1.54, 1.807) is 0 Å². The molecule has 0 unspecified atom stereocenters. The van der Waals surface area contributed by atoms with Gasteiger partial charge in [0.1, 0.15) is 11.3 Å². The number of anilines is 1. The van der Waals surface area contributed by atoms with Crippen molar-refractivity contribution in [1.29, 1.82) is 0 Å². The minimum absolute atomic E-state index is 0.444. The number of rotatable bonds is 2. The minimum Gasteiger partial charge on any atom is -0.478 e. The third kappa shape index (κ3) is 2.14. The number of carboxylic acid groups (broad SMARTS) is 1. The number of hydrogen-bond donors (Lipinski definition) is 1. The van der Waals surface area contributed by atoms with Crippen molar-refractivity contribution in [2.24, 2.45) is 0 Å². The van der Waals surface area contributed by atoms with E-state index in [2.05, 4.69) is 0 Å². The molecule has 6 heteroatoms. The first kappa shape index (κ1) is 12.7. The van der Waals surface area contributed by atoms with Crippen LogP contribution in [0, 0.1) is 17.5 Å². The van der Waals surface area contributed by atoms with E-state index in [0.717, 1.165) is 19.3 Å². The summed E-state index contributed by atoms with van der Waals surface area (Å²) in [5.74, 6) is -5.65. The second-order valence-corrected chi connectivity index (χ2v) is 4.24. The Kier molecular flexibility index (Phi) is 3.45. The van der Waals surface area contributed by atoms with Crippen molar-refractivity contribution >= 4 is 11.7 Å². The summed E-state index contributed by atoms with van der Waals surface area (Å²) < 4.78 is 41.0. The lowest BCUT2D eigenvalue weighted by Gasteiger charge is -2.29. The molecule has 3 nitrogen and oxygen atoms in total. The molecule has 1 heterocycles. The minimum atomic E-state index is -1.68. The molecule has 0 aliphatic carbocycles. The number of benzene rings is 1. The van der Waals surface area contributed by atoms with Crippen LogP contribution in [0.1, 0.15) is 29.6 Å². The number of carboxylic acids is 1. The molecule has 0 radical (unpaired) electrons. The van der Waals surface area contributed by atoms with Crippen LogP contribution < -0.4 is 4.90 Å². The maximum absolute atomic E-state index is 13.7. The average molecular weight is 259 g/mol. The Morgan fingerprint density at radius 2 is 1.72 bits per heavy atom. The normalized spacial score (nSPS) is 15.8. The molecule has 18 heavy (non-hydrogen) atoms. The fourth-order valence-electron chi connectivity index (χ4n) is 2.15. The molecular formula is C12H12F3NO2. The molecule has 0 saturated carbocycles. The van der Waals surface area contributed by atoms with Gasteiger partial charge in [0.2, 0.25) is 0 Å². The summed E-state index contributed by atoms with van der Waals surface area (Å²) >= 11 is 0. The van der Waals surface area contributed by atoms with Gasteiger partial charge in [-0.1, -0.05) is 0 Å². The zero-order valence-electron chi connectivity index (χ0n) is 9.55. The highest BCUT2D eigenvalue weighted by atomic mass is 19.2. The molecule has 1 saturated heterocycles. The van der Waals surface area contributed by atoms with E-state index < -0.39 is 34.7 Å². The third-order valence-corrected chi connectivity index (χ3v) is 3.04. The molecule has 0 spiro atoms. The summed E-state index contributed by atoms with van der Waals surface area (Å²) in [5, 5.41) is 8.63. The fraction of sp³-hybridized carbons (Fsp3) is 0.417. The Labute approximate surface area is 102 Å². The van der Waals surface area contributed by atoms with Crippen LogP contribution in [-0.2, 0) is 0 Å². The van der Waals surface area contributed by atoms with Crippen molar-refractivity contribution in [1.82, 2.24) is 0 Å². The van der Waals surface area contributed by atoms with E-state index in [1.165, 1.54) is 4.90 Å². The summed E-state index contributed by atoms with van der Waals surface area (Å²) in [7, 11) is 0. The van der Waals surface area contributed by atoms with Gasteiger partial charge in [-0.2, -0.15) is 0 Å². The number of nitrogens with zero attached hydrogens (tertiary/aromatic N) is 1. The highest BCUT2D eigenvalue weighted by Crippen LogP contribution is 2.30. The summed E-state index contributed by atoms with van der Waals surface area (Å²) in [6, 6.07) is 0.532. The number of carbonyl (C=O) groups is 1. The van der Waals surface area contributed by atoms with Crippen LogP contribution in [0.25, 0.3) is 0 Å². The van der Waals surface area contributed by atoms with E-state index in [9.17, 15) is 18.0 Å². The van der Waals surface area contributed by atoms with Crippen molar-refractivity contribution in [2.45, 2.75) is 19.3 Å². The number of piperidine rings is 1. The molecular weight excluding hydrogens is 247 g/mol. The second-order valence-electron chi connectivity index (χ2n) is 4.24. The molecule has 1 aromatic carbocycles. The predicted octanol–water partition coefficient (Wildman–Crippen LogP) is 2.79. The van der Waals surface area contributed by atoms with Gasteiger partial charge < -0.3 is 10.0 Å². The third-order valence-electron chi connectivity index (χ3n) is 3.04. The zero-order valence-corrected chi connectivity index (χ0v) is 9.55. The van der Waals surface area contributed by atoms with Gasteiger partial charge in [0, 0.05) is 13.1 Å². The summed E-state index contributed by atoms with van der Waals surface area (Å²) in [5.41, 5.74) is -1.44. The summed E-state index contributed by atoms with van der Waals surface area (Å²) in [6.45, 7) is 0.888. The summed E-state index contributed by atoms with van der Waals surface area (Å²) in [6.07, 6.45) is 2.53. The number of aromatic carboxylic acids is 1. The first-order valence-electron chi connectivity index (χ1n) is 5.68. The van der Waals surface area contributed by atoms with Crippen LogP contribution in [0.2, 0.25) is 0 Å². The van der Waals surface area contributed by atoms with Gasteiger partial charge in [-0.05, 0) is 25.3 Å². The molecule has 1 aromatic rings. The molecule has 0 amide bonds. The van der Waals surface area contributed by atoms with Crippen molar-refractivity contribution in [3.8, 4) is 0 Å². The smallest absolute Gasteiger partial charge is 0.338 e. The standard InChI is InChI=1S/C12H12F3NO2/c13-8-6-7(12(17)18)9(14)10(15)11(8)16-4-2-1-3-5-16/h6H,1-5H2,(H,17,18). The summed E-state index contributed by atoms with van der Waals surface area (Å²) in [4.78, 5) is 12.0. The Balaban J connectivity index is 2.48. The van der Waals surface area contributed by atoms with Gasteiger partial charge in [0.05, 0.1) is 0 Å². The topological polar surface area (TPSA) is 40.5 Å². The first-order chi connectivity index (χ1) is 8.52. The van der Waals surface area contributed by atoms with E-state index in [0.29, 0.717) is 19.2 Å². The first-order valence-corrected chi connectivity index (χ1v) is 5.68. The second kappa shape index (κ2) is 4.88. The van der Waals surface area contributed by atoms with Crippen molar-refractivity contribution in [3.63, 3.8) is 0 Å². The van der Waals surface area contributed by atoms with E-state index in [-0.39, 0.29) is 0 Å². The van der Waals surface area contributed by atoms with Gasteiger partial charge in [0.15, 0.2) is 17.5 Å². The number of hydrogen-bond acceptors (Lipinski definition) is 2. The van der Waals surface area contributed by atoms with Crippen LogP contribution in [0.3, 0.4) is 0 Å². The lowest BCUT2D eigenvalue weighted by Crippen LogP contribution is -2.31. The van der Waals surface area contributed by atoms with E-state index in [4.69, 9.17) is 5.11 Å². The molecule has 1 aliphatic rings.